The van der Waals surface area contributed by atoms with Crippen LogP contribution < -0.4 is 15.4 Å². The van der Waals surface area contributed by atoms with E-state index >= 15 is 0 Å². The van der Waals surface area contributed by atoms with Crippen molar-refractivity contribution < 1.29 is 14.3 Å². The normalized spacial score (nSPS) is 20.3. The van der Waals surface area contributed by atoms with Gasteiger partial charge in [0.05, 0.1) is 5.54 Å². The van der Waals surface area contributed by atoms with Crippen molar-refractivity contribution >= 4 is 11.9 Å². The first-order chi connectivity index (χ1) is 10.5. The SMILES string of the molecule is CC(C)C(Oc1ccccc1)C(=O)N1CC2(CNC(=O)N2)C1. The zero-order valence-corrected chi connectivity index (χ0v) is 12.8. The number of benzene rings is 1. The third-order valence-corrected chi connectivity index (χ3v) is 4.12. The predicted molar refractivity (Wildman–Crippen MR) is 81.5 cm³/mol. The number of carbonyl (C=O) groups excluding carboxylic acids is 2. The van der Waals surface area contributed by atoms with Crippen LogP contribution in [-0.4, -0.2) is 48.1 Å². The van der Waals surface area contributed by atoms with Crippen LogP contribution in [0, 0.1) is 5.92 Å². The Bertz CT molecular complexity index is 567. The molecule has 1 unspecified atom stereocenters. The molecule has 0 saturated carbocycles. The molecular weight excluding hydrogens is 282 g/mol. The van der Waals surface area contributed by atoms with Crippen LogP contribution in [0.25, 0.3) is 0 Å². The van der Waals surface area contributed by atoms with E-state index in [0.29, 0.717) is 25.4 Å². The Morgan fingerprint density at radius 1 is 1.27 bits per heavy atom. The molecule has 1 spiro atoms. The number of para-hydroxylation sites is 1. The predicted octanol–water partition coefficient (Wildman–Crippen LogP) is 0.984. The molecule has 0 bridgehead atoms. The number of amides is 3. The van der Waals surface area contributed by atoms with Gasteiger partial charge in [-0.15, -0.1) is 0 Å². The van der Waals surface area contributed by atoms with E-state index < -0.39 is 6.10 Å². The van der Waals surface area contributed by atoms with Gasteiger partial charge >= 0.3 is 6.03 Å². The van der Waals surface area contributed by atoms with Crippen molar-refractivity contribution in [2.75, 3.05) is 19.6 Å². The molecule has 0 aromatic heterocycles. The molecular formula is C16H21N3O3. The largest absolute Gasteiger partial charge is 0.480 e. The van der Waals surface area contributed by atoms with E-state index in [2.05, 4.69) is 10.6 Å². The molecule has 2 aliphatic heterocycles. The average Bonchev–Trinajstić information content (AvgIpc) is 2.86. The number of carbonyl (C=O) groups is 2. The summed E-state index contributed by atoms with van der Waals surface area (Å²) in [5.41, 5.74) is -0.291. The maximum Gasteiger partial charge on any atom is 0.315 e. The van der Waals surface area contributed by atoms with Gasteiger partial charge in [-0.05, 0) is 18.1 Å². The van der Waals surface area contributed by atoms with Gasteiger partial charge in [0.1, 0.15) is 5.75 Å². The molecule has 2 heterocycles. The summed E-state index contributed by atoms with van der Waals surface area (Å²) in [4.78, 5) is 25.7. The lowest BCUT2D eigenvalue weighted by Crippen LogP contribution is -2.71. The van der Waals surface area contributed by atoms with Crippen LogP contribution in [0.4, 0.5) is 4.79 Å². The highest BCUT2D eigenvalue weighted by atomic mass is 16.5. The lowest BCUT2D eigenvalue weighted by atomic mass is 9.89. The summed E-state index contributed by atoms with van der Waals surface area (Å²) < 4.78 is 5.87. The summed E-state index contributed by atoms with van der Waals surface area (Å²) in [7, 11) is 0. The van der Waals surface area contributed by atoms with Gasteiger partial charge in [-0.3, -0.25) is 4.79 Å². The molecule has 6 heteroatoms. The van der Waals surface area contributed by atoms with Gasteiger partial charge in [-0.2, -0.15) is 0 Å². The highest BCUT2D eigenvalue weighted by molar-refractivity contribution is 5.84. The molecule has 0 aliphatic carbocycles. The topological polar surface area (TPSA) is 70.7 Å². The van der Waals surface area contributed by atoms with E-state index in [9.17, 15) is 9.59 Å². The second-order valence-electron chi connectivity index (χ2n) is 6.38. The minimum atomic E-state index is -0.509. The summed E-state index contributed by atoms with van der Waals surface area (Å²) in [5.74, 6) is 0.742. The molecule has 2 aliphatic rings. The van der Waals surface area contributed by atoms with Crippen LogP contribution in [0.1, 0.15) is 13.8 Å². The fourth-order valence-corrected chi connectivity index (χ4v) is 2.91. The molecule has 2 fully saturated rings. The van der Waals surface area contributed by atoms with Crippen molar-refractivity contribution in [3.63, 3.8) is 0 Å². The molecule has 22 heavy (non-hydrogen) atoms. The van der Waals surface area contributed by atoms with E-state index in [0.717, 1.165) is 0 Å². The molecule has 6 nitrogen and oxygen atoms in total. The van der Waals surface area contributed by atoms with Gasteiger partial charge < -0.3 is 20.3 Å². The second-order valence-corrected chi connectivity index (χ2v) is 6.38. The van der Waals surface area contributed by atoms with Crippen LogP contribution in [-0.2, 0) is 4.79 Å². The molecule has 0 radical (unpaired) electrons. The van der Waals surface area contributed by atoms with Crippen molar-refractivity contribution in [3.8, 4) is 5.75 Å². The lowest BCUT2D eigenvalue weighted by molar-refractivity contribution is -0.148. The first-order valence-electron chi connectivity index (χ1n) is 7.56. The van der Waals surface area contributed by atoms with Crippen molar-refractivity contribution in [2.24, 2.45) is 5.92 Å². The number of rotatable bonds is 4. The van der Waals surface area contributed by atoms with Crippen LogP contribution in [0.5, 0.6) is 5.75 Å². The number of urea groups is 1. The number of nitrogens with zero attached hydrogens (tertiary/aromatic N) is 1. The van der Waals surface area contributed by atoms with Crippen LogP contribution >= 0.6 is 0 Å². The van der Waals surface area contributed by atoms with Crippen molar-refractivity contribution in [3.05, 3.63) is 30.3 Å². The first kappa shape index (κ1) is 14.7. The highest BCUT2D eigenvalue weighted by Gasteiger charge is 2.51. The summed E-state index contributed by atoms with van der Waals surface area (Å²) in [5, 5.41) is 5.63. The Morgan fingerprint density at radius 3 is 2.50 bits per heavy atom. The Labute approximate surface area is 129 Å². The van der Waals surface area contributed by atoms with E-state index in [1.807, 2.05) is 44.2 Å². The molecule has 1 atom stereocenters. The average molecular weight is 303 g/mol. The standard InChI is InChI=1S/C16H21N3O3/c1-11(2)13(22-12-6-4-3-5-7-12)14(20)19-9-16(10-19)8-17-15(21)18-16/h3-7,11,13H,8-10H2,1-2H3,(H2,17,18,21). The van der Waals surface area contributed by atoms with Crippen molar-refractivity contribution in [1.82, 2.24) is 15.5 Å². The number of hydrogen-bond acceptors (Lipinski definition) is 3. The van der Waals surface area contributed by atoms with Crippen LogP contribution in [0.15, 0.2) is 30.3 Å². The van der Waals surface area contributed by atoms with Gasteiger partial charge in [0, 0.05) is 19.6 Å². The van der Waals surface area contributed by atoms with Gasteiger partial charge in [-0.1, -0.05) is 32.0 Å². The van der Waals surface area contributed by atoms with E-state index in [-0.39, 0.29) is 23.4 Å². The minimum absolute atomic E-state index is 0.0226. The smallest absolute Gasteiger partial charge is 0.315 e. The minimum Gasteiger partial charge on any atom is -0.480 e. The fraction of sp³-hybridized carbons (Fsp3) is 0.500. The zero-order valence-electron chi connectivity index (χ0n) is 12.8. The quantitative estimate of drug-likeness (QED) is 0.871. The van der Waals surface area contributed by atoms with Gasteiger partial charge in [-0.25, -0.2) is 4.79 Å². The summed E-state index contributed by atoms with van der Waals surface area (Å²) in [6.45, 7) is 5.58. The summed E-state index contributed by atoms with van der Waals surface area (Å²) in [6.07, 6.45) is -0.509. The van der Waals surface area contributed by atoms with Gasteiger partial charge in [0.15, 0.2) is 6.10 Å². The van der Waals surface area contributed by atoms with Gasteiger partial charge in [0.2, 0.25) is 0 Å². The third-order valence-electron chi connectivity index (χ3n) is 4.12. The second kappa shape index (κ2) is 5.51. The number of ether oxygens (including phenoxy) is 1. The molecule has 1 aromatic carbocycles. The van der Waals surface area contributed by atoms with E-state index in [1.54, 1.807) is 4.90 Å². The van der Waals surface area contributed by atoms with Crippen LogP contribution in [0.3, 0.4) is 0 Å². The molecule has 2 saturated heterocycles. The third kappa shape index (κ3) is 2.73. The Kier molecular flexibility index (Phi) is 3.68. The van der Waals surface area contributed by atoms with Gasteiger partial charge in [0.25, 0.3) is 5.91 Å². The number of nitrogens with one attached hydrogen (secondary N) is 2. The van der Waals surface area contributed by atoms with E-state index in [1.165, 1.54) is 0 Å². The van der Waals surface area contributed by atoms with Crippen molar-refractivity contribution in [2.45, 2.75) is 25.5 Å². The molecule has 3 amide bonds. The zero-order chi connectivity index (χ0) is 15.7. The van der Waals surface area contributed by atoms with Crippen LogP contribution in [0.2, 0.25) is 0 Å². The fourth-order valence-electron chi connectivity index (χ4n) is 2.91. The maximum atomic E-state index is 12.7. The van der Waals surface area contributed by atoms with E-state index in [4.69, 9.17) is 4.74 Å². The Balaban J connectivity index is 1.63. The Hall–Kier alpha value is -2.24. The summed E-state index contributed by atoms with van der Waals surface area (Å²) >= 11 is 0. The summed E-state index contributed by atoms with van der Waals surface area (Å²) in [6, 6.07) is 9.22. The molecule has 118 valence electrons. The molecule has 3 rings (SSSR count). The monoisotopic (exact) mass is 303 g/mol. The first-order valence-corrected chi connectivity index (χ1v) is 7.56. The van der Waals surface area contributed by atoms with Crippen molar-refractivity contribution in [1.29, 1.82) is 0 Å². The highest BCUT2D eigenvalue weighted by Crippen LogP contribution is 2.26. The molecule has 2 N–H and O–H groups in total. The number of likely N-dealkylation sites (tertiary alicyclic amines) is 1. The number of hydrogen-bond donors (Lipinski definition) is 2. The maximum absolute atomic E-state index is 12.7. The lowest BCUT2D eigenvalue weighted by Gasteiger charge is -2.48. The Morgan fingerprint density at radius 2 is 1.95 bits per heavy atom. The molecule has 1 aromatic rings.